The quantitative estimate of drug-likeness (QED) is 0.528. The first kappa shape index (κ1) is 13.7. The summed E-state index contributed by atoms with van der Waals surface area (Å²) in [5.74, 6) is -0.606. The highest BCUT2D eigenvalue weighted by atomic mass is 35.7. The Morgan fingerprint density at radius 1 is 1.50 bits per heavy atom. The van der Waals surface area contributed by atoms with Crippen LogP contribution in [0.2, 0.25) is 0 Å². The van der Waals surface area contributed by atoms with Crippen LogP contribution < -0.4 is 0 Å². The molecule has 0 heterocycles. The molecule has 0 atom stereocenters. The molecule has 0 aliphatic heterocycles. The van der Waals surface area contributed by atoms with E-state index >= 15 is 0 Å². The molecule has 0 saturated carbocycles. The van der Waals surface area contributed by atoms with Crippen LogP contribution in [-0.4, -0.2) is 37.9 Å². The Labute approximate surface area is 88.5 Å². The average Bonchev–Trinajstić information content (AvgIpc) is 1.98. The molecule has 14 heavy (non-hydrogen) atoms. The van der Waals surface area contributed by atoms with Crippen LogP contribution in [0.3, 0.4) is 0 Å². The summed E-state index contributed by atoms with van der Waals surface area (Å²) < 4.78 is 27.5. The summed E-state index contributed by atoms with van der Waals surface area (Å²) in [5, 5.41) is 0. The first-order chi connectivity index (χ1) is 6.29. The fourth-order valence-corrected chi connectivity index (χ4v) is 2.23. The van der Waals surface area contributed by atoms with Crippen molar-refractivity contribution in [3.8, 4) is 0 Å². The van der Waals surface area contributed by atoms with Gasteiger partial charge in [0.1, 0.15) is 6.54 Å². The maximum atomic E-state index is 11.0. The zero-order valence-electron chi connectivity index (χ0n) is 8.36. The van der Waals surface area contributed by atoms with Gasteiger partial charge in [-0.2, -0.15) is 12.7 Å². The molecule has 0 N–H and O–H groups in total. The van der Waals surface area contributed by atoms with Gasteiger partial charge in [-0.3, -0.25) is 4.79 Å². The van der Waals surface area contributed by atoms with E-state index in [-0.39, 0.29) is 19.2 Å². The zero-order valence-corrected chi connectivity index (χ0v) is 9.93. The first-order valence-electron chi connectivity index (χ1n) is 4.16. The lowest BCUT2D eigenvalue weighted by Crippen LogP contribution is -2.38. The van der Waals surface area contributed by atoms with Crippen molar-refractivity contribution in [3.05, 3.63) is 0 Å². The van der Waals surface area contributed by atoms with E-state index in [1.165, 1.54) is 0 Å². The number of esters is 1. The Morgan fingerprint density at radius 2 is 2.00 bits per heavy atom. The van der Waals surface area contributed by atoms with E-state index in [0.29, 0.717) is 0 Å². The third-order valence-electron chi connectivity index (χ3n) is 1.45. The maximum absolute atomic E-state index is 11.0. The summed E-state index contributed by atoms with van der Waals surface area (Å²) in [5.41, 5.74) is 0. The molecule has 5 nitrogen and oxygen atoms in total. The van der Waals surface area contributed by atoms with Crippen LogP contribution in [0.4, 0.5) is 0 Å². The van der Waals surface area contributed by atoms with Gasteiger partial charge in [0.15, 0.2) is 0 Å². The second-order valence-corrected chi connectivity index (χ2v) is 5.35. The highest BCUT2D eigenvalue weighted by molar-refractivity contribution is 8.11. The number of halogens is 1. The molecule has 0 amide bonds. The van der Waals surface area contributed by atoms with Gasteiger partial charge in [0.2, 0.25) is 0 Å². The molecule has 0 unspecified atom stereocenters. The number of carbonyl (C=O) groups excluding carboxylic acids is 1. The van der Waals surface area contributed by atoms with E-state index in [0.717, 1.165) is 4.31 Å². The molecule has 84 valence electrons. The molecule has 0 radical (unpaired) electrons. The number of hydrogen-bond donors (Lipinski definition) is 0. The van der Waals surface area contributed by atoms with Crippen molar-refractivity contribution in [2.75, 3.05) is 13.2 Å². The number of ether oxygens (including phenoxy) is 1. The van der Waals surface area contributed by atoms with Gasteiger partial charge in [0.25, 0.3) is 0 Å². The lowest BCUT2D eigenvalue weighted by atomic mass is 10.4. The van der Waals surface area contributed by atoms with E-state index in [2.05, 4.69) is 4.74 Å². The molecule has 7 heteroatoms. The van der Waals surface area contributed by atoms with Crippen molar-refractivity contribution >= 4 is 25.9 Å². The second-order valence-electron chi connectivity index (χ2n) is 2.89. The smallest absolute Gasteiger partial charge is 0.321 e. The lowest BCUT2D eigenvalue weighted by Gasteiger charge is -2.20. The van der Waals surface area contributed by atoms with Crippen molar-refractivity contribution < 1.29 is 17.9 Å². The lowest BCUT2D eigenvalue weighted by molar-refractivity contribution is -0.143. The minimum absolute atomic E-state index is 0.215. The summed E-state index contributed by atoms with van der Waals surface area (Å²) in [4.78, 5) is 11.0. The number of hydrogen-bond acceptors (Lipinski definition) is 4. The van der Waals surface area contributed by atoms with Crippen LogP contribution in [0.25, 0.3) is 0 Å². The molecule has 0 spiro atoms. The van der Waals surface area contributed by atoms with Crippen LogP contribution in [0.1, 0.15) is 20.8 Å². The molecular formula is C7H14ClNO4S. The molecule has 0 saturated heterocycles. The fourth-order valence-electron chi connectivity index (χ4n) is 0.845. The summed E-state index contributed by atoms with van der Waals surface area (Å²) in [6, 6.07) is -0.373. The van der Waals surface area contributed by atoms with E-state index < -0.39 is 15.2 Å². The standard InChI is InChI=1S/C7H14ClNO4S/c1-4-13-7(10)5-9(6(2)3)14(8,11)12/h6H,4-5H2,1-3H3. The van der Waals surface area contributed by atoms with Crippen molar-refractivity contribution in [1.29, 1.82) is 0 Å². The molecular weight excluding hydrogens is 230 g/mol. The van der Waals surface area contributed by atoms with Crippen molar-refractivity contribution in [2.45, 2.75) is 26.8 Å². The molecule has 0 aliphatic carbocycles. The first-order valence-corrected chi connectivity index (χ1v) is 6.42. The predicted octanol–water partition coefficient (Wildman–Crippen LogP) is 0.743. The minimum Gasteiger partial charge on any atom is -0.465 e. The molecule has 0 rings (SSSR count). The van der Waals surface area contributed by atoms with Gasteiger partial charge < -0.3 is 4.74 Å². The van der Waals surface area contributed by atoms with E-state index in [4.69, 9.17) is 10.7 Å². The highest BCUT2D eigenvalue weighted by Crippen LogP contribution is 2.10. The molecule has 0 aromatic rings. The van der Waals surface area contributed by atoms with Crippen LogP contribution in [0.5, 0.6) is 0 Å². The van der Waals surface area contributed by atoms with Gasteiger partial charge in [-0.25, -0.2) is 0 Å². The van der Waals surface area contributed by atoms with Crippen molar-refractivity contribution in [3.63, 3.8) is 0 Å². The highest BCUT2D eigenvalue weighted by Gasteiger charge is 2.25. The van der Waals surface area contributed by atoms with E-state index in [1.807, 2.05) is 0 Å². The van der Waals surface area contributed by atoms with Crippen molar-refractivity contribution in [2.24, 2.45) is 0 Å². The SMILES string of the molecule is CCOC(=O)CN(C(C)C)S(=O)(=O)Cl. The number of rotatable bonds is 5. The van der Waals surface area contributed by atoms with Gasteiger partial charge in [0.05, 0.1) is 6.61 Å². The molecule has 0 fully saturated rings. The molecule has 0 bridgehead atoms. The summed E-state index contributed by atoms with van der Waals surface area (Å²) in [6.07, 6.45) is 0. The Kier molecular flexibility index (Phi) is 5.40. The third-order valence-corrected chi connectivity index (χ3v) is 3.09. The third kappa shape index (κ3) is 4.78. The second kappa shape index (κ2) is 5.53. The van der Waals surface area contributed by atoms with Crippen LogP contribution >= 0.6 is 10.7 Å². The van der Waals surface area contributed by atoms with Gasteiger partial charge >= 0.3 is 15.2 Å². The molecule has 0 aliphatic rings. The topological polar surface area (TPSA) is 63.7 Å². The van der Waals surface area contributed by atoms with Gasteiger partial charge in [-0.1, -0.05) is 0 Å². The Bertz CT molecular complexity index is 288. The van der Waals surface area contributed by atoms with E-state index in [9.17, 15) is 13.2 Å². The normalized spacial score (nSPS) is 12.1. The largest absolute Gasteiger partial charge is 0.465 e. The Morgan fingerprint density at radius 3 is 2.29 bits per heavy atom. The Balaban J connectivity index is 4.48. The molecule has 0 aromatic heterocycles. The van der Waals surface area contributed by atoms with Crippen LogP contribution in [0, 0.1) is 0 Å². The van der Waals surface area contributed by atoms with Gasteiger partial charge in [0, 0.05) is 16.7 Å². The van der Waals surface area contributed by atoms with E-state index in [1.54, 1.807) is 20.8 Å². The van der Waals surface area contributed by atoms with Crippen molar-refractivity contribution in [1.82, 2.24) is 4.31 Å². The van der Waals surface area contributed by atoms with Gasteiger partial charge in [-0.05, 0) is 20.8 Å². The monoisotopic (exact) mass is 243 g/mol. The average molecular weight is 244 g/mol. The van der Waals surface area contributed by atoms with Crippen LogP contribution in [0.15, 0.2) is 0 Å². The number of nitrogens with zero attached hydrogens (tertiary/aromatic N) is 1. The summed E-state index contributed by atoms with van der Waals surface area (Å²) in [6.45, 7) is 4.76. The molecule has 0 aromatic carbocycles. The minimum atomic E-state index is -3.87. The Hall–Kier alpha value is -0.330. The number of carbonyl (C=O) groups is 1. The summed E-state index contributed by atoms with van der Waals surface area (Å²) >= 11 is 0. The van der Waals surface area contributed by atoms with Crippen LogP contribution in [-0.2, 0) is 18.8 Å². The predicted molar refractivity (Wildman–Crippen MR) is 53.2 cm³/mol. The zero-order chi connectivity index (χ0) is 11.4. The maximum Gasteiger partial charge on any atom is 0.321 e. The summed E-state index contributed by atoms with van der Waals surface area (Å²) in [7, 11) is 1.26. The fraction of sp³-hybridized carbons (Fsp3) is 0.857. The van der Waals surface area contributed by atoms with Gasteiger partial charge in [-0.15, -0.1) is 0 Å².